The highest BCUT2D eigenvalue weighted by atomic mass is 16.5. The molecule has 1 amide bonds. The maximum absolute atomic E-state index is 12.8. The lowest BCUT2D eigenvalue weighted by molar-refractivity contribution is -0.139. The number of carboxylic acids is 1. The molecule has 5 nitrogen and oxygen atoms in total. The van der Waals surface area contributed by atoms with Gasteiger partial charge >= 0.3 is 5.97 Å². The van der Waals surface area contributed by atoms with Crippen molar-refractivity contribution in [2.75, 3.05) is 19.7 Å². The summed E-state index contributed by atoms with van der Waals surface area (Å²) in [5, 5.41) is 8.68. The summed E-state index contributed by atoms with van der Waals surface area (Å²) in [7, 11) is 0. The van der Waals surface area contributed by atoms with Gasteiger partial charge in [0.15, 0.2) is 6.61 Å². The van der Waals surface area contributed by atoms with Gasteiger partial charge in [-0.15, -0.1) is 6.58 Å². The van der Waals surface area contributed by atoms with Crippen LogP contribution in [0.5, 0.6) is 5.75 Å². The molecule has 1 N–H and O–H groups in total. The molecule has 0 radical (unpaired) electrons. The van der Waals surface area contributed by atoms with Gasteiger partial charge in [-0.05, 0) is 37.0 Å². The van der Waals surface area contributed by atoms with Gasteiger partial charge in [0.1, 0.15) is 5.75 Å². The Morgan fingerprint density at radius 1 is 1.29 bits per heavy atom. The zero-order chi connectivity index (χ0) is 17.4. The maximum Gasteiger partial charge on any atom is 0.341 e. The Balaban J connectivity index is 2.06. The second kappa shape index (κ2) is 9.11. The van der Waals surface area contributed by atoms with Crippen molar-refractivity contribution in [3.05, 3.63) is 42.5 Å². The highest BCUT2D eigenvalue weighted by Crippen LogP contribution is 2.25. The fourth-order valence-electron chi connectivity index (χ4n) is 3.12. The summed E-state index contributed by atoms with van der Waals surface area (Å²) in [6.45, 7) is 4.58. The lowest BCUT2D eigenvalue weighted by Gasteiger charge is -2.29. The molecule has 130 valence electrons. The molecule has 0 atom stereocenters. The molecule has 0 saturated heterocycles. The summed E-state index contributed by atoms with van der Waals surface area (Å²) >= 11 is 0. The van der Waals surface area contributed by atoms with Crippen LogP contribution in [0.1, 0.15) is 42.5 Å². The van der Waals surface area contributed by atoms with E-state index in [1.807, 2.05) is 4.90 Å². The van der Waals surface area contributed by atoms with Crippen LogP contribution in [-0.4, -0.2) is 41.6 Å². The Kier molecular flexibility index (Phi) is 6.85. The third kappa shape index (κ3) is 5.41. The molecular formula is C19H25NO4. The number of benzene rings is 1. The molecule has 0 unspecified atom stereocenters. The number of aliphatic carboxylic acids is 1. The SMILES string of the molecule is C=CCN(CC1CCCCC1)C(=O)c1cccc(OCC(=O)O)c1. The molecule has 24 heavy (non-hydrogen) atoms. The van der Waals surface area contributed by atoms with Gasteiger partial charge in [0, 0.05) is 18.7 Å². The smallest absolute Gasteiger partial charge is 0.341 e. The second-order valence-corrected chi connectivity index (χ2v) is 6.21. The molecule has 1 aromatic carbocycles. The molecule has 1 fully saturated rings. The van der Waals surface area contributed by atoms with Crippen LogP contribution in [0.15, 0.2) is 36.9 Å². The standard InChI is InChI=1S/C19H25NO4/c1-2-11-20(13-15-7-4-3-5-8-15)19(23)16-9-6-10-17(12-16)24-14-18(21)22/h2,6,9-10,12,15H,1,3-5,7-8,11,13-14H2,(H,21,22). The van der Waals surface area contributed by atoms with Crippen molar-refractivity contribution in [1.29, 1.82) is 0 Å². The quantitative estimate of drug-likeness (QED) is 0.742. The van der Waals surface area contributed by atoms with Gasteiger partial charge in [0.05, 0.1) is 0 Å². The van der Waals surface area contributed by atoms with Gasteiger partial charge < -0.3 is 14.7 Å². The van der Waals surface area contributed by atoms with Gasteiger partial charge in [-0.3, -0.25) is 4.79 Å². The van der Waals surface area contributed by atoms with Crippen LogP contribution in [-0.2, 0) is 4.79 Å². The largest absolute Gasteiger partial charge is 0.482 e. The number of ether oxygens (including phenoxy) is 1. The summed E-state index contributed by atoms with van der Waals surface area (Å²) in [6.07, 6.45) is 7.84. The van der Waals surface area contributed by atoms with E-state index in [4.69, 9.17) is 9.84 Å². The van der Waals surface area contributed by atoms with E-state index >= 15 is 0 Å². The second-order valence-electron chi connectivity index (χ2n) is 6.21. The van der Waals surface area contributed by atoms with Crippen LogP contribution in [0.25, 0.3) is 0 Å². The summed E-state index contributed by atoms with van der Waals surface area (Å²) in [5.41, 5.74) is 0.510. The monoisotopic (exact) mass is 331 g/mol. The van der Waals surface area contributed by atoms with Crippen molar-refractivity contribution >= 4 is 11.9 Å². The minimum absolute atomic E-state index is 0.0683. The van der Waals surface area contributed by atoms with Crippen molar-refractivity contribution in [1.82, 2.24) is 4.90 Å². The first kappa shape index (κ1) is 18.0. The molecule has 2 rings (SSSR count). The molecule has 0 aliphatic heterocycles. The molecule has 1 aromatic rings. The summed E-state index contributed by atoms with van der Waals surface area (Å²) < 4.78 is 5.16. The van der Waals surface area contributed by atoms with Gasteiger partial charge in [0.2, 0.25) is 0 Å². The van der Waals surface area contributed by atoms with Crippen LogP contribution >= 0.6 is 0 Å². The number of amides is 1. The van der Waals surface area contributed by atoms with Crippen molar-refractivity contribution in [3.8, 4) is 5.75 Å². The topological polar surface area (TPSA) is 66.8 Å². The predicted molar refractivity (Wildman–Crippen MR) is 92.2 cm³/mol. The number of hydrogen-bond acceptors (Lipinski definition) is 3. The Labute approximate surface area is 142 Å². The Morgan fingerprint density at radius 2 is 2.04 bits per heavy atom. The van der Waals surface area contributed by atoms with Gasteiger partial charge in [-0.25, -0.2) is 4.79 Å². The third-order valence-electron chi connectivity index (χ3n) is 4.28. The predicted octanol–water partition coefficient (Wildman–Crippen LogP) is 3.36. The normalized spacial score (nSPS) is 14.8. The Morgan fingerprint density at radius 3 is 2.71 bits per heavy atom. The average molecular weight is 331 g/mol. The molecule has 1 aliphatic carbocycles. The molecule has 0 heterocycles. The lowest BCUT2D eigenvalue weighted by atomic mass is 9.89. The first-order valence-corrected chi connectivity index (χ1v) is 8.45. The van der Waals surface area contributed by atoms with Crippen LogP contribution in [0.4, 0.5) is 0 Å². The van der Waals surface area contributed by atoms with Gasteiger partial charge in [0.25, 0.3) is 5.91 Å². The molecule has 1 aliphatic rings. The van der Waals surface area contributed by atoms with E-state index in [1.54, 1.807) is 30.3 Å². The van der Waals surface area contributed by atoms with E-state index in [0.29, 0.717) is 23.8 Å². The Hall–Kier alpha value is -2.30. The minimum Gasteiger partial charge on any atom is -0.482 e. The zero-order valence-corrected chi connectivity index (χ0v) is 13.9. The first-order chi connectivity index (χ1) is 11.6. The van der Waals surface area contributed by atoms with Crippen molar-refractivity contribution < 1.29 is 19.4 Å². The Bertz CT molecular complexity index is 578. The summed E-state index contributed by atoms with van der Waals surface area (Å²) in [4.78, 5) is 25.2. The van der Waals surface area contributed by atoms with E-state index in [-0.39, 0.29) is 5.91 Å². The lowest BCUT2D eigenvalue weighted by Crippen LogP contribution is -2.36. The highest BCUT2D eigenvalue weighted by Gasteiger charge is 2.21. The number of nitrogens with zero attached hydrogens (tertiary/aromatic N) is 1. The molecular weight excluding hydrogens is 306 g/mol. The summed E-state index contributed by atoms with van der Waals surface area (Å²) in [5.74, 6) is -0.174. The molecule has 1 saturated carbocycles. The average Bonchev–Trinajstić information content (AvgIpc) is 2.60. The highest BCUT2D eigenvalue weighted by molar-refractivity contribution is 5.94. The van der Waals surface area contributed by atoms with Crippen molar-refractivity contribution in [3.63, 3.8) is 0 Å². The van der Waals surface area contributed by atoms with E-state index in [0.717, 1.165) is 6.54 Å². The van der Waals surface area contributed by atoms with Crippen LogP contribution in [0.3, 0.4) is 0 Å². The van der Waals surface area contributed by atoms with Crippen molar-refractivity contribution in [2.45, 2.75) is 32.1 Å². The summed E-state index contributed by atoms with van der Waals surface area (Å²) in [6, 6.07) is 6.69. The van der Waals surface area contributed by atoms with E-state index in [2.05, 4.69) is 6.58 Å². The van der Waals surface area contributed by atoms with E-state index in [9.17, 15) is 9.59 Å². The van der Waals surface area contributed by atoms with Crippen molar-refractivity contribution in [2.24, 2.45) is 5.92 Å². The third-order valence-corrected chi connectivity index (χ3v) is 4.28. The molecule has 0 bridgehead atoms. The molecule has 5 heteroatoms. The van der Waals surface area contributed by atoms with Crippen LogP contribution in [0, 0.1) is 5.92 Å². The fraction of sp³-hybridized carbons (Fsp3) is 0.474. The molecule has 0 spiro atoms. The van der Waals surface area contributed by atoms with E-state index in [1.165, 1.54) is 32.1 Å². The van der Waals surface area contributed by atoms with E-state index < -0.39 is 12.6 Å². The van der Waals surface area contributed by atoms with Crippen LogP contribution < -0.4 is 4.74 Å². The minimum atomic E-state index is -1.04. The number of carbonyl (C=O) groups is 2. The van der Waals surface area contributed by atoms with Crippen LogP contribution in [0.2, 0.25) is 0 Å². The number of carboxylic acid groups (broad SMARTS) is 1. The van der Waals surface area contributed by atoms with Gasteiger partial charge in [-0.2, -0.15) is 0 Å². The first-order valence-electron chi connectivity index (χ1n) is 8.45. The maximum atomic E-state index is 12.8. The molecule has 0 aromatic heterocycles. The zero-order valence-electron chi connectivity index (χ0n) is 13.9. The number of rotatable bonds is 8. The van der Waals surface area contributed by atoms with Gasteiger partial charge in [-0.1, -0.05) is 31.4 Å². The number of hydrogen-bond donors (Lipinski definition) is 1. The number of carbonyl (C=O) groups excluding carboxylic acids is 1. The fourth-order valence-corrected chi connectivity index (χ4v) is 3.12.